The summed E-state index contributed by atoms with van der Waals surface area (Å²) < 4.78 is 0. The van der Waals surface area contributed by atoms with Gasteiger partial charge in [0.05, 0.1) is 4.91 Å². The van der Waals surface area contributed by atoms with Crippen molar-refractivity contribution in [1.82, 2.24) is 14.8 Å². The van der Waals surface area contributed by atoms with Crippen molar-refractivity contribution in [3.05, 3.63) is 70.9 Å². The van der Waals surface area contributed by atoms with E-state index in [0.717, 1.165) is 43.5 Å². The molecule has 4 rings (SSSR count). The van der Waals surface area contributed by atoms with Gasteiger partial charge >= 0.3 is 0 Å². The van der Waals surface area contributed by atoms with Crippen LogP contribution >= 0.6 is 11.8 Å². The summed E-state index contributed by atoms with van der Waals surface area (Å²) in [5, 5.41) is 0.824. The number of hydrogen-bond donors (Lipinski definition) is 0. The van der Waals surface area contributed by atoms with Crippen molar-refractivity contribution in [2.75, 3.05) is 26.2 Å². The second-order valence-corrected chi connectivity index (χ2v) is 7.35. The topological polar surface area (TPSA) is 48.8 Å². The molecule has 0 saturated carbocycles. The molecule has 132 valence electrons. The van der Waals surface area contributed by atoms with Gasteiger partial charge in [0.1, 0.15) is 0 Å². The third kappa shape index (κ3) is 4.03. The highest BCUT2D eigenvalue weighted by Crippen LogP contribution is 2.30. The zero-order valence-corrected chi connectivity index (χ0v) is 15.2. The number of carbonyl (C=O) groups is 1. The highest BCUT2D eigenvalue weighted by molar-refractivity contribution is 8.18. The normalized spacial score (nSPS) is 19.8. The van der Waals surface area contributed by atoms with Crippen LogP contribution in [0.3, 0.4) is 0 Å². The first-order valence-corrected chi connectivity index (χ1v) is 9.53. The molecule has 1 saturated heterocycles. The molecule has 0 unspecified atom stereocenters. The van der Waals surface area contributed by atoms with Crippen LogP contribution < -0.4 is 0 Å². The Kier molecular flexibility index (Phi) is 5.13. The smallest absolute Gasteiger partial charge is 0.286 e. The van der Waals surface area contributed by atoms with Crippen LogP contribution in [0, 0.1) is 0 Å². The maximum Gasteiger partial charge on any atom is 0.286 e. The van der Waals surface area contributed by atoms with E-state index in [4.69, 9.17) is 0 Å². The summed E-state index contributed by atoms with van der Waals surface area (Å²) in [6.07, 6.45) is 5.34. The van der Waals surface area contributed by atoms with E-state index in [0.29, 0.717) is 4.91 Å². The minimum atomic E-state index is -0.152. The van der Waals surface area contributed by atoms with Gasteiger partial charge in [0.15, 0.2) is 5.17 Å². The molecule has 2 aromatic rings. The van der Waals surface area contributed by atoms with Crippen LogP contribution in [0.5, 0.6) is 0 Å². The molecule has 0 bridgehead atoms. The number of aliphatic imine (C=N–C) groups is 1. The van der Waals surface area contributed by atoms with Gasteiger partial charge in [-0.15, -0.1) is 0 Å². The minimum Gasteiger partial charge on any atom is -0.348 e. The molecule has 5 nitrogen and oxygen atoms in total. The molecule has 0 spiro atoms. The van der Waals surface area contributed by atoms with Gasteiger partial charge in [-0.3, -0.25) is 14.7 Å². The van der Waals surface area contributed by atoms with Crippen LogP contribution in [0.2, 0.25) is 0 Å². The van der Waals surface area contributed by atoms with Gasteiger partial charge in [0.2, 0.25) is 0 Å². The standard InChI is InChI=1S/C20H20N4OS/c25-19-18(13-17-7-4-8-21-14-17)26-20(22-19)24-11-9-23(10-12-24)15-16-5-2-1-3-6-16/h1-8,13-14H,9-12,15H2/b18-13-. The molecule has 1 aromatic carbocycles. The lowest BCUT2D eigenvalue weighted by Crippen LogP contribution is -2.47. The average Bonchev–Trinajstić information content (AvgIpc) is 3.04. The number of nitrogens with zero attached hydrogens (tertiary/aromatic N) is 4. The Bertz CT molecular complexity index is 827. The number of hydrogen-bond acceptors (Lipinski definition) is 5. The van der Waals surface area contributed by atoms with E-state index in [1.807, 2.05) is 24.3 Å². The quantitative estimate of drug-likeness (QED) is 0.784. The first-order chi connectivity index (χ1) is 12.8. The predicted octanol–water partition coefficient (Wildman–Crippen LogP) is 2.87. The maximum absolute atomic E-state index is 12.2. The van der Waals surface area contributed by atoms with Crippen LogP contribution in [-0.4, -0.2) is 52.0 Å². The fourth-order valence-electron chi connectivity index (χ4n) is 3.08. The molecule has 1 amide bonds. The van der Waals surface area contributed by atoms with E-state index in [1.54, 1.807) is 12.4 Å². The summed E-state index contributed by atoms with van der Waals surface area (Å²) in [5.74, 6) is -0.152. The first kappa shape index (κ1) is 17.0. The van der Waals surface area contributed by atoms with Gasteiger partial charge in [0, 0.05) is 45.1 Å². The lowest BCUT2D eigenvalue weighted by Gasteiger charge is -2.35. The lowest BCUT2D eigenvalue weighted by molar-refractivity contribution is -0.113. The number of thioether (sulfide) groups is 1. The molecule has 2 aliphatic rings. The SMILES string of the molecule is O=C1N=C(N2CCN(Cc3ccccc3)CC2)S/C1=C\c1cccnc1. The molecule has 0 atom stereocenters. The summed E-state index contributed by atoms with van der Waals surface area (Å²) in [6.45, 7) is 4.71. The number of amidine groups is 1. The van der Waals surface area contributed by atoms with Crippen LogP contribution in [0.1, 0.15) is 11.1 Å². The van der Waals surface area contributed by atoms with Crippen LogP contribution in [-0.2, 0) is 11.3 Å². The number of benzene rings is 1. The van der Waals surface area contributed by atoms with Crippen molar-refractivity contribution < 1.29 is 4.79 Å². The third-order valence-corrected chi connectivity index (χ3v) is 5.53. The van der Waals surface area contributed by atoms with Crippen molar-refractivity contribution in [3.8, 4) is 0 Å². The van der Waals surface area contributed by atoms with Gasteiger partial charge in [0.25, 0.3) is 5.91 Å². The Morgan fingerprint density at radius 3 is 2.58 bits per heavy atom. The minimum absolute atomic E-state index is 0.152. The molecule has 0 aliphatic carbocycles. The highest BCUT2D eigenvalue weighted by Gasteiger charge is 2.28. The number of pyridine rings is 1. The fourth-order valence-corrected chi connectivity index (χ4v) is 4.05. The summed E-state index contributed by atoms with van der Waals surface area (Å²) in [6, 6.07) is 14.3. The van der Waals surface area contributed by atoms with Gasteiger partial charge < -0.3 is 4.90 Å². The molecular formula is C20H20N4OS. The molecule has 1 fully saturated rings. The highest BCUT2D eigenvalue weighted by atomic mass is 32.2. The molecular weight excluding hydrogens is 344 g/mol. The summed E-state index contributed by atoms with van der Waals surface area (Å²) >= 11 is 1.47. The van der Waals surface area contributed by atoms with Gasteiger partial charge in [-0.05, 0) is 35.0 Å². The number of rotatable bonds is 3. The van der Waals surface area contributed by atoms with E-state index >= 15 is 0 Å². The largest absolute Gasteiger partial charge is 0.348 e. The van der Waals surface area contributed by atoms with Crippen molar-refractivity contribution in [3.63, 3.8) is 0 Å². The molecule has 3 heterocycles. The Labute approximate surface area is 157 Å². The zero-order chi connectivity index (χ0) is 17.8. The Morgan fingerprint density at radius 1 is 1.04 bits per heavy atom. The molecule has 2 aliphatic heterocycles. The van der Waals surface area contributed by atoms with Crippen LogP contribution in [0.4, 0.5) is 0 Å². The first-order valence-electron chi connectivity index (χ1n) is 8.72. The molecule has 26 heavy (non-hydrogen) atoms. The van der Waals surface area contributed by atoms with Gasteiger partial charge in [-0.25, -0.2) is 0 Å². The van der Waals surface area contributed by atoms with E-state index in [1.165, 1.54) is 17.3 Å². The Balaban J connectivity index is 1.34. The lowest BCUT2D eigenvalue weighted by atomic mass is 10.2. The number of carbonyl (C=O) groups excluding carboxylic acids is 1. The van der Waals surface area contributed by atoms with Crippen LogP contribution in [0.25, 0.3) is 6.08 Å². The number of amides is 1. The van der Waals surface area contributed by atoms with E-state index in [2.05, 4.69) is 44.0 Å². The van der Waals surface area contributed by atoms with Crippen molar-refractivity contribution >= 4 is 28.9 Å². The third-order valence-electron chi connectivity index (χ3n) is 4.48. The van der Waals surface area contributed by atoms with Crippen molar-refractivity contribution in [2.24, 2.45) is 4.99 Å². The van der Waals surface area contributed by atoms with Crippen LogP contribution in [0.15, 0.2) is 64.8 Å². The maximum atomic E-state index is 12.2. The molecule has 0 N–H and O–H groups in total. The monoisotopic (exact) mass is 364 g/mol. The molecule has 1 aromatic heterocycles. The van der Waals surface area contributed by atoms with Crippen molar-refractivity contribution in [2.45, 2.75) is 6.54 Å². The zero-order valence-electron chi connectivity index (χ0n) is 14.4. The summed E-state index contributed by atoms with van der Waals surface area (Å²) in [4.78, 5) is 25.9. The molecule has 0 radical (unpaired) electrons. The van der Waals surface area contributed by atoms with Gasteiger partial charge in [-0.1, -0.05) is 36.4 Å². The Morgan fingerprint density at radius 2 is 1.85 bits per heavy atom. The van der Waals surface area contributed by atoms with E-state index in [9.17, 15) is 4.79 Å². The Hall–Kier alpha value is -2.44. The van der Waals surface area contributed by atoms with E-state index < -0.39 is 0 Å². The molecule has 6 heteroatoms. The van der Waals surface area contributed by atoms with Crippen molar-refractivity contribution in [1.29, 1.82) is 0 Å². The second kappa shape index (κ2) is 7.85. The fraction of sp³-hybridized carbons (Fsp3) is 0.250. The number of piperazine rings is 1. The predicted molar refractivity (Wildman–Crippen MR) is 106 cm³/mol. The summed E-state index contributed by atoms with van der Waals surface area (Å²) in [5.41, 5.74) is 2.26. The second-order valence-electron chi connectivity index (χ2n) is 6.35. The summed E-state index contributed by atoms with van der Waals surface area (Å²) in [7, 11) is 0. The average molecular weight is 364 g/mol. The number of aromatic nitrogens is 1. The van der Waals surface area contributed by atoms with Gasteiger partial charge in [-0.2, -0.15) is 4.99 Å². The van der Waals surface area contributed by atoms with E-state index in [-0.39, 0.29) is 5.91 Å².